The Morgan fingerprint density at radius 2 is 2.12 bits per heavy atom. The summed E-state index contributed by atoms with van der Waals surface area (Å²) in [6.45, 7) is 1.87. The molecule has 1 fully saturated rings. The van der Waals surface area contributed by atoms with Crippen LogP contribution in [-0.2, 0) is 16.1 Å². The fourth-order valence-corrected chi connectivity index (χ4v) is 1.37. The number of nitrogens with one attached hydrogen (secondary N) is 1. The van der Waals surface area contributed by atoms with E-state index >= 15 is 0 Å². The topological polar surface area (TPSA) is 64.3 Å². The average molecular weight is 240 g/mol. The van der Waals surface area contributed by atoms with E-state index in [1.165, 1.54) is 0 Å². The van der Waals surface area contributed by atoms with Gasteiger partial charge in [-0.1, -0.05) is 30.3 Å². The highest BCUT2D eigenvalue weighted by atomic mass is 19.1. The zero-order chi connectivity index (χ0) is 12.5. The Kier molecular flexibility index (Phi) is 6.21. The van der Waals surface area contributed by atoms with E-state index in [4.69, 9.17) is 5.73 Å². The van der Waals surface area contributed by atoms with Crippen molar-refractivity contribution in [2.24, 2.45) is 5.73 Å². The highest BCUT2D eigenvalue weighted by molar-refractivity contribution is 5.37. The minimum Gasteiger partial charge on any atom is -0.463 e. The molecule has 4 nitrogen and oxygen atoms in total. The molecule has 0 amide bonds. The molecule has 1 aliphatic rings. The number of rotatable bonds is 3. The Bertz CT molecular complexity index is 314. The Balaban J connectivity index is 0.000000181. The van der Waals surface area contributed by atoms with E-state index < -0.39 is 6.17 Å². The van der Waals surface area contributed by atoms with E-state index in [2.05, 4.69) is 10.1 Å². The van der Waals surface area contributed by atoms with Crippen LogP contribution in [0.15, 0.2) is 30.3 Å². The monoisotopic (exact) mass is 240 g/mol. The van der Waals surface area contributed by atoms with Crippen molar-refractivity contribution in [3.05, 3.63) is 35.9 Å². The SMILES string of the molecule is N[C@@H]1CNC[C@H]1F.O=COCc1ccccc1. The van der Waals surface area contributed by atoms with Gasteiger partial charge in [0.05, 0.1) is 0 Å². The maximum atomic E-state index is 12.1. The van der Waals surface area contributed by atoms with Gasteiger partial charge in [0.2, 0.25) is 0 Å². The van der Waals surface area contributed by atoms with Crippen LogP contribution >= 0.6 is 0 Å². The van der Waals surface area contributed by atoms with Crippen LogP contribution in [0.4, 0.5) is 4.39 Å². The second-order valence-corrected chi connectivity index (χ2v) is 3.73. The lowest BCUT2D eigenvalue weighted by Gasteiger charge is -1.99. The number of nitrogens with two attached hydrogens (primary N) is 1. The van der Waals surface area contributed by atoms with Crippen molar-refractivity contribution < 1.29 is 13.9 Å². The molecule has 0 bridgehead atoms. The van der Waals surface area contributed by atoms with Crippen molar-refractivity contribution in [3.63, 3.8) is 0 Å². The number of carbonyl (C=O) groups is 1. The first-order valence-electron chi connectivity index (χ1n) is 5.43. The summed E-state index contributed by atoms with van der Waals surface area (Å²) in [6, 6.07) is 9.28. The summed E-state index contributed by atoms with van der Waals surface area (Å²) in [6.07, 6.45) is -0.819. The van der Waals surface area contributed by atoms with E-state index in [9.17, 15) is 9.18 Å². The van der Waals surface area contributed by atoms with Crippen molar-refractivity contribution >= 4 is 6.47 Å². The van der Waals surface area contributed by atoms with Crippen molar-refractivity contribution in [2.45, 2.75) is 18.8 Å². The third-order valence-corrected chi connectivity index (χ3v) is 2.34. The van der Waals surface area contributed by atoms with Gasteiger partial charge in [-0.15, -0.1) is 0 Å². The highest BCUT2D eigenvalue weighted by Crippen LogP contribution is 1.99. The van der Waals surface area contributed by atoms with Crippen LogP contribution < -0.4 is 11.1 Å². The van der Waals surface area contributed by atoms with Crippen LogP contribution in [0.2, 0.25) is 0 Å². The lowest BCUT2D eigenvalue weighted by atomic mass is 10.2. The predicted octanol–water partition coefficient (Wildman–Crippen LogP) is 0.615. The molecule has 0 aromatic heterocycles. The van der Waals surface area contributed by atoms with Crippen LogP contribution in [0.3, 0.4) is 0 Å². The molecule has 0 saturated carbocycles. The number of hydrogen-bond acceptors (Lipinski definition) is 4. The summed E-state index contributed by atoms with van der Waals surface area (Å²) in [4.78, 5) is 9.76. The van der Waals surface area contributed by atoms with Gasteiger partial charge in [0.25, 0.3) is 6.47 Å². The second-order valence-electron chi connectivity index (χ2n) is 3.73. The summed E-state index contributed by atoms with van der Waals surface area (Å²) in [5, 5.41) is 2.82. The standard InChI is InChI=1S/C8H8O2.C4H9FN2/c9-7-10-6-8-4-2-1-3-5-8;5-3-1-7-2-4(3)6/h1-5,7H,6H2;3-4,7H,1-2,6H2/t;3-,4-/m.1/s1. The summed E-state index contributed by atoms with van der Waals surface area (Å²) >= 11 is 0. The maximum absolute atomic E-state index is 12.1. The highest BCUT2D eigenvalue weighted by Gasteiger charge is 2.21. The van der Waals surface area contributed by atoms with Gasteiger partial charge in [0.15, 0.2) is 0 Å². The molecule has 0 unspecified atom stereocenters. The van der Waals surface area contributed by atoms with Gasteiger partial charge in [-0.3, -0.25) is 4.79 Å². The molecule has 94 valence electrons. The first-order chi connectivity index (χ1) is 8.24. The Labute approximate surface area is 100.0 Å². The average Bonchev–Trinajstić information content (AvgIpc) is 2.73. The van der Waals surface area contributed by atoms with Crippen molar-refractivity contribution in [2.75, 3.05) is 13.1 Å². The zero-order valence-electron chi connectivity index (χ0n) is 9.51. The van der Waals surface area contributed by atoms with Gasteiger partial charge in [-0.25, -0.2) is 4.39 Å². The van der Waals surface area contributed by atoms with Gasteiger partial charge >= 0.3 is 0 Å². The molecule has 1 heterocycles. The molecule has 5 heteroatoms. The Hall–Kier alpha value is -1.46. The van der Waals surface area contributed by atoms with Crippen LogP contribution in [0.1, 0.15) is 5.56 Å². The predicted molar refractivity (Wildman–Crippen MR) is 63.0 cm³/mol. The molecule has 1 aromatic carbocycles. The van der Waals surface area contributed by atoms with Crippen LogP contribution in [-0.4, -0.2) is 31.8 Å². The van der Waals surface area contributed by atoms with Crippen molar-refractivity contribution in [1.82, 2.24) is 5.32 Å². The van der Waals surface area contributed by atoms with E-state index in [1.807, 2.05) is 30.3 Å². The third-order valence-electron chi connectivity index (χ3n) is 2.34. The lowest BCUT2D eigenvalue weighted by molar-refractivity contribution is -0.129. The molecule has 17 heavy (non-hydrogen) atoms. The molecule has 3 N–H and O–H groups in total. The maximum Gasteiger partial charge on any atom is 0.293 e. The molecule has 2 atom stereocenters. The van der Waals surface area contributed by atoms with E-state index in [1.54, 1.807) is 0 Å². The summed E-state index contributed by atoms with van der Waals surface area (Å²) in [5.74, 6) is 0. The van der Waals surface area contributed by atoms with Gasteiger partial charge in [0, 0.05) is 19.1 Å². The number of halogens is 1. The lowest BCUT2D eigenvalue weighted by Crippen LogP contribution is -2.29. The molecule has 1 aliphatic heterocycles. The molecule has 2 rings (SSSR count). The second kappa shape index (κ2) is 7.76. The minimum absolute atomic E-state index is 0.264. The molecule has 0 radical (unpaired) electrons. The third kappa shape index (κ3) is 5.42. The largest absolute Gasteiger partial charge is 0.463 e. The van der Waals surface area contributed by atoms with Crippen LogP contribution in [0.25, 0.3) is 0 Å². The fraction of sp³-hybridized carbons (Fsp3) is 0.417. The quantitative estimate of drug-likeness (QED) is 0.760. The van der Waals surface area contributed by atoms with E-state index in [0.29, 0.717) is 26.2 Å². The summed E-state index contributed by atoms with van der Waals surface area (Å²) < 4.78 is 16.7. The molecule has 0 aliphatic carbocycles. The number of alkyl halides is 1. The molecule has 0 spiro atoms. The minimum atomic E-state index is -0.819. The Morgan fingerprint density at radius 3 is 2.53 bits per heavy atom. The van der Waals surface area contributed by atoms with Gasteiger partial charge < -0.3 is 15.8 Å². The van der Waals surface area contributed by atoms with Gasteiger partial charge in [-0.05, 0) is 5.56 Å². The number of benzene rings is 1. The number of hydrogen-bond donors (Lipinski definition) is 2. The summed E-state index contributed by atoms with van der Waals surface area (Å²) in [5.41, 5.74) is 6.25. The van der Waals surface area contributed by atoms with E-state index in [0.717, 1.165) is 5.56 Å². The molecule has 1 saturated heterocycles. The smallest absolute Gasteiger partial charge is 0.293 e. The first kappa shape index (κ1) is 13.6. The molecular weight excluding hydrogens is 223 g/mol. The normalized spacial score (nSPS) is 22.5. The van der Waals surface area contributed by atoms with Gasteiger partial charge in [0.1, 0.15) is 12.8 Å². The number of carbonyl (C=O) groups excluding carboxylic acids is 1. The molecular formula is C12H17FN2O2. The molecule has 1 aromatic rings. The first-order valence-corrected chi connectivity index (χ1v) is 5.43. The number of ether oxygens (including phenoxy) is 1. The van der Waals surface area contributed by atoms with Crippen molar-refractivity contribution in [1.29, 1.82) is 0 Å². The van der Waals surface area contributed by atoms with E-state index in [-0.39, 0.29) is 6.04 Å². The zero-order valence-corrected chi connectivity index (χ0v) is 9.51. The van der Waals surface area contributed by atoms with Crippen LogP contribution in [0.5, 0.6) is 0 Å². The van der Waals surface area contributed by atoms with Gasteiger partial charge in [-0.2, -0.15) is 0 Å². The fourth-order valence-electron chi connectivity index (χ4n) is 1.37. The van der Waals surface area contributed by atoms with Crippen molar-refractivity contribution in [3.8, 4) is 0 Å². The summed E-state index contributed by atoms with van der Waals surface area (Å²) in [7, 11) is 0. The van der Waals surface area contributed by atoms with Crippen LogP contribution in [0, 0.1) is 0 Å². The Morgan fingerprint density at radius 1 is 1.41 bits per heavy atom.